The van der Waals surface area contributed by atoms with Gasteiger partial charge in [0.05, 0.1) is 5.71 Å². The second-order valence-electron chi connectivity index (χ2n) is 3.28. The Morgan fingerprint density at radius 3 is 2.53 bits per heavy atom. The number of benzene rings is 1. The van der Waals surface area contributed by atoms with Gasteiger partial charge >= 0.3 is 5.97 Å². The van der Waals surface area contributed by atoms with Gasteiger partial charge in [-0.25, -0.2) is 4.79 Å². The van der Waals surface area contributed by atoms with E-state index in [9.17, 15) is 4.79 Å². The molecule has 0 spiro atoms. The van der Waals surface area contributed by atoms with E-state index in [0.29, 0.717) is 11.4 Å². The molecule has 1 aromatic rings. The fourth-order valence-electron chi connectivity index (χ4n) is 1.38. The maximum Gasteiger partial charge on any atom is 0.332 e. The molecule has 4 heteroatoms. The molecule has 3 N–H and O–H groups in total. The van der Waals surface area contributed by atoms with Crippen molar-refractivity contribution in [2.45, 2.75) is 6.04 Å². The monoisotopic (exact) mass is 202 g/mol. The van der Waals surface area contributed by atoms with E-state index in [2.05, 4.69) is 4.99 Å². The number of carbonyl (C=O) groups is 1. The summed E-state index contributed by atoms with van der Waals surface area (Å²) in [5.74, 6) is -0.934. The third-order valence-electron chi connectivity index (χ3n) is 2.17. The van der Waals surface area contributed by atoms with Crippen LogP contribution in [0.5, 0.6) is 0 Å². The van der Waals surface area contributed by atoms with Gasteiger partial charge in [-0.2, -0.15) is 0 Å². The Hall–Kier alpha value is -2.10. The third-order valence-corrected chi connectivity index (χ3v) is 2.17. The smallest absolute Gasteiger partial charge is 0.332 e. The van der Waals surface area contributed by atoms with Crippen molar-refractivity contribution >= 4 is 17.4 Å². The molecule has 2 rings (SSSR count). The van der Waals surface area contributed by atoms with E-state index in [1.54, 1.807) is 24.3 Å². The van der Waals surface area contributed by atoms with Crippen molar-refractivity contribution in [3.8, 4) is 0 Å². The molecule has 0 saturated heterocycles. The highest BCUT2D eigenvalue weighted by molar-refractivity contribution is 6.11. The highest BCUT2D eigenvalue weighted by Crippen LogP contribution is 2.13. The highest BCUT2D eigenvalue weighted by Gasteiger charge is 2.18. The molecule has 1 unspecified atom stereocenters. The molecular formula is C11H10N2O2. The molecule has 1 aromatic carbocycles. The van der Waals surface area contributed by atoms with Crippen LogP contribution < -0.4 is 5.73 Å². The topological polar surface area (TPSA) is 75.7 Å². The van der Waals surface area contributed by atoms with Crippen molar-refractivity contribution in [1.29, 1.82) is 0 Å². The maximum atomic E-state index is 10.7. The second kappa shape index (κ2) is 3.57. The number of nitrogen functional groups attached to an aromatic ring is 1. The first-order chi connectivity index (χ1) is 7.16. The Bertz CT molecular complexity index is 446. The predicted octanol–water partition coefficient (Wildman–Crippen LogP) is 1.08. The van der Waals surface area contributed by atoms with E-state index in [4.69, 9.17) is 10.8 Å². The van der Waals surface area contributed by atoms with Crippen LogP contribution in [-0.2, 0) is 4.79 Å². The standard InChI is InChI=1S/C11H10N2O2/c12-8-3-1-7(2-4-8)9-5-6-10(13-9)11(14)15/h1-6,10H,12H2,(H,14,15). The molecule has 0 radical (unpaired) electrons. The number of nitrogens with zero attached hydrogens (tertiary/aromatic N) is 1. The average molecular weight is 202 g/mol. The Morgan fingerprint density at radius 2 is 2.00 bits per heavy atom. The number of allylic oxidation sites excluding steroid dienone is 1. The van der Waals surface area contributed by atoms with Gasteiger partial charge in [0.25, 0.3) is 0 Å². The quantitative estimate of drug-likeness (QED) is 0.704. The summed E-state index contributed by atoms with van der Waals surface area (Å²) in [6, 6.07) is 6.42. The van der Waals surface area contributed by atoms with Gasteiger partial charge in [0.2, 0.25) is 0 Å². The lowest BCUT2D eigenvalue weighted by Gasteiger charge is -2.00. The molecule has 1 aliphatic rings. The van der Waals surface area contributed by atoms with Gasteiger partial charge in [-0.05, 0) is 29.8 Å². The first kappa shape index (κ1) is 9.45. The van der Waals surface area contributed by atoms with Crippen LogP contribution >= 0.6 is 0 Å². The molecule has 0 aromatic heterocycles. The summed E-state index contributed by atoms with van der Waals surface area (Å²) in [7, 11) is 0. The summed E-state index contributed by atoms with van der Waals surface area (Å²) < 4.78 is 0. The number of nitrogens with two attached hydrogens (primary N) is 1. The fourth-order valence-corrected chi connectivity index (χ4v) is 1.38. The van der Waals surface area contributed by atoms with Gasteiger partial charge in [-0.15, -0.1) is 0 Å². The van der Waals surface area contributed by atoms with Crippen LogP contribution in [0.2, 0.25) is 0 Å². The summed E-state index contributed by atoms with van der Waals surface area (Å²) in [5.41, 5.74) is 7.79. The average Bonchev–Trinajstić information content (AvgIpc) is 2.68. The van der Waals surface area contributed by atoms with Crippen LogP contribution in [0.4, 0.5) is 5.69 Å². The number of aliphatic imine (C=N–C) groups is 1. The molecule has 0 fully saturated rings. The van der Waals surface area contributed by atoms with Crippen LogP contribution in [0.3, 0.4) is 0 Å². The zero-order chi connectivity index (χ0) is 10.8. The Kier molecular flexibility index (Phi) is 2.25. The Balaban J connectivity index is 2.27. The first-order valence-corrected chi connectivity index (χ1v) is 4.51. The summed E-state index contributed by atoms with van der Waals surface area (Å²) >= 11 is 0. The van der Waals surface area contributed by atoms with Crippen LogP contribution in [0, 0.1) is 0 Å². The van der Waals surface area contributed by atoms with Gasteiger partial charge < -0.3 is 10.8 Å². The lowest BCUT2D eigenvalue weighted by Crippen LogP contribution is -2.12. The van der Waals surface area contributed by atoms with E-state index in [1.807, 2.05) is 12.1 Å². The zero-order valence-corrected chi connectivity index (χ0v) is 7.92. The third kappa shape index (κ3) is 1.88. The normalized spacial score (nSPS) is 18.9. The molecule has 1 atom stereocenters. The minimum absolute atomic E-state index is 0.677. The van der Waals surface area contributed by atoms with Gasteiger partial charge in [0.15, 0.2) is 6.04 Å². The lowest BCUT2D eigenvalue weighted by atomic mass is 10.1. The molecular weight excluding hydrogens is 192 g/mol. The van der Waals surface area contributed by atoms with E-state index in [-0.39, 0.29) is 0 Å². The second-order valence-corrected chi connectivity index (χ2v) is 3.28. The Labute approximate surface area is 86.8 Å². The summed E-state index contributed by atoms with van der Waals surface area (Å²) in [4.78, 5) is 14.7. The van der Waals surface area contributed by atoms with Crippen LogP contribution in [-0.4, -0.2) is 22.8 Å². The van der Waals surface area contributed by atoms with Gasteiger partial charge in [-0.3, -0.25) is 4.99 Å². The number of carboxylic acids is 1. The molecule has 1 aliphatic heterocycles. The number of rotatable bonds is 2. The van der Waals surface area contributed by atoms with Gasteiger partial charge in [-0.1, -0.05) is 12.1 Å². The van der Waals surface area contributed by atoms with E-state index in [0.717, 1.165) is 5.56 Å². The van der Waals surface area contributed by atoms with E-state index >= 15 is 0 Å². The lowest BCUT2D eigenvalue weighted by molar-refractivity contribution is -0.137. The number of carboxylic acid groups (broad SMARTS) is 1. The summed E-state index contributed by atoms with van der Waals surface area (Å²) in [6.07, 6.45) is 3.28. The largest absolute Gasteiger partial charge is 0.479 e. The van der Waals surface area contributed by atoms with Crippen LogP contribution in [0.15, 0.2) is 41.4 Å². The molecule has 0 saturated carbocycles. The molecule has 4 nitrogen and oxygen atoms in total. The fraction of sp³-hybridized carbons (Fsp3) is 0.0909. The number of hydrogen-bond acceptors (Lipinski definition) is 3. The summed E-state index contributed by atoms with van der Waals surface area (Å²) in [5, 5.41) is 8.74. The predicted molar refractivity (Wildman–Crippen MR) is 58.0 cm³/mol. The van der Waals surface area contributed by atoms with E-state index in [1.165, 1.54) is 0 Å². The molecule has 1 heterocycles. The summed E-state index contributed by atoms with van der Waals surface area (Å²) in [6.45, 7) is 0. The number of aliphatic carboxylic acids is 1. The van der Waals surface area contributed by atoms with Crippen molar-refractivity contribution in [2.24, 2.45) is 4.99 Å². The molecule has 0 aliphatic carbocycles. The molecule has 0 bridgehead atoms. The minimum atomic E-state index is -0.934. The molecule has 15 heavy (non-hydrogen) atoms. The van der Waals surface area contributed by atoms with Gasteiger partial charge in [0.1, 0.15) is 0 Å². The maximum absolute atomic E-state index is 10.7. The SMILES string of the molecule is Nc1ccc(C2=NC(C(=O)O)C=C2)cc1. The van der Waals surface area contributed by atoms with Gasteiger partial charge in [0, 0.05) is 5.69 Å². The van der Waals surface area contributed by atoms with Crippen molar-refractivity contribution in [2.75, 3.05) is 5.73 Å². The first-order valence-electron chi connectivity index (χ1n) is 4.51. The van der Waals surface area contributed by atoms with Crippen molar-refractivity contribution < 1.29 is 9.90 Å². The number of anilines is 1. The minimum Gasteiger partial charge on any atom is -0.479 e. The zero-order valence-electron chi connectivity index (χ0n) is 7.92. The Morgan fingerprint density at radius 1 is 1.33 bits per heavy atom. The number of hydrogen-bond donors (Lipinski definition) is 2. The van der Waals surface area contributed by atoms with Crippen molar-refractivity contribution in [3.05, 3.63) is 42.0 Å². The van der Waals surface area contributed by atoms with Crippen LogP contribution in [0.25, 0.3) is 0 Å². The van der Waals surface area contributed by atoms with Crippen molar-refractivity contribution in [1.82, 2.24) is 0 Å². The van der Waals surface area contributed by atoms with E-state index < -0.39 is 12.0 Å². The van der Waals surface area contributed by atoms with Crippen LogP contribution in [0.1, 0.15) is 5.56 Å². The highest BCUT2D eigenvalue weighted by atomic mass is 16.4. The van der Waals surface area contributed by atoms with Crippen molar-refractivity contribution in [3.63, 3.8) is 0 Å². The molecule has 76 valence electrons. The molecule has 0 amide bonds.